The summed E-state index contributed by atoms with van der Waals surface area (Å²) >= 11 is 0. The molecule has 9 N–H and O–H groups in total. The Balaban J connectivity index is 1.62. The highest BCUT2D eigenvalue weighted by atomic mass is 16.7. The lowest BCUT2D eigenvalue weighted by molar-refractivity contribution is -0.359. The fourth-order valence-corrected chi connectivity index (χ4v) is 13.4. The molecular weight excluding hydrogens is 1310 g/mol. The maximum Gasteiger partial charge on any atom is 0.220 e. The summed E-state index contributed by atoms with van der Waals surface area (Å²) in [6, 6.07) is -0.931. The molecular formula is C91H157NO13. The van der Waals surface area contributed by atoms with E-state index >= 15 is 0 Å². The van der Waals surface area contributed by atoms with Crippen LogP contribution in [-0.4, -0.2) is 140 Å². The number of hydrogen-bond acceptors (Lipinski definition) is 13. The van der Waals surface area contributed by atoms with Crippen LogP contribution in [0.2, 0.25) is 0 Å². The van der Waals surface area contributed by atoms with Crippen LogP contribution in [0.1, 0.15) is 341 Å². The first-order chi connectivity index (χ1) is 51.6. The first kappa shape index (κ1) is 97.2. The molecule has 0 saturated carbocycles. The van der Waals surface area contributed by atoms with Crippen molar-refractivity contribution in [2.45, 2.75) is 415 Å². The predicted molar refractivity (Wildman–Crippen MR) is 438 cm³/mol. The number of nitrogens with one attached hydrogen (secondary N) is 1. The minimum Gasteiger partial charge on any atom is -0.394 e. The van der Waals surface area contributed by atoms with Crippen molar-refractivity contribution in [3.8, 4) is 0 Å². The van der Waals surface area contributed by atoms with Crippen molar-refractivity contribution in [2.75, 3.05) is 19.8 Å². The smallest absolute Gasteiger partial charge is 0.220 e. The second-order valence-corrected chi connectivity index (χ2v) is 29.6. The molecule has 0 spiro atoms. The second-order valence-electron chi connectivity index (χ2n) is 29.6. The van der Waals surface area contributed by atoms with Gasteiger partial charge in [0.15, 0.2) is 12.6 Å². The molecule has 14 nitrogen and oxygen atoms in total. The molecule has 0 radical (unpaired) electrons. The van der Waals surface area contributed by atoms with E-state index in [0.29, 0.717) is 6.42 Å². The topological polar surface area (TPSA) is 228 Å². The van der Waals surface area contributed by atoms with E-state index in [1.54, 1.807) is 6.08 Å². The summed E-state index contributed by atoms with van der Waals surface area (Å²) in [5.74, 6) is -0.249. The van der Waals surface area contributed by atoms with Gasteiger partial charge in [-0.3, -0.25) is 4.79 Å². The number of carbonyl (C=O) groups excluding carboxylic acids is 1. The van der Waals surface area contributed by atoms with Crippen LogP contribution in [0.5, 0.6) is 0 Å². The highest BCUT2D eigenvalue weighted by Crippen LogP contribution is 2.30. The summed E-state index contributed by atoms with van der Waals surface area (Å²) < 4.78 is 22.9. The monoisotopic (exact) mass is 1470 g/mol. The van der Waals surface area contributed by atoms with Crippen molar-refractivity contribution < 1.29 is 64.6 Å². The van der Waals surface area contributed by atoms with Gasteiger partial charge >= 0.3 is 0 Å². The lowest BCUT2D eigenvalue weighted by Gasteiger charge is -2.46. The lowest BCUT2D eigenvalue weighted by Crippen LogP contribution is -2.65. The molecule has 12 atom stereocenters. The first-order valence-electron chi connectivity index (χ1n) is 42.9. The van der Waals surface area contributed by atoms with Gasteiger partial charge in [-0.25, -0.2) is 0 Å². The molecule has 12 unspecified atom stereocenters. The Morgan fingerprint density at radius 2 is 0.657 bits per heavy atom. The number of amides is 1. The molecule has 0 aliphatic carbocycles. The van der Waals surface area contributed by atoms with Crippen molar-refractivity contribution >= 4 is 5.91 Å². The van der Waals surface area contributed by atoms with Crippen molar-refractivity contribution in [3.05, 3.63) is 134 Å². The van der Waals surface area contributed by atoms with Crippen LogP contribution in [0, 0.1) is 0 Å². The largest absolute Gasteiger partial charge is 0.394 e. The van der Waals surface area contributed by atoms with Gasteiger partial charge in [0, 0.05) is 6.42 Å². The average molecular weight is 1470 g/mol. The molecule has 2 heterocycles. The van der Waals surface area contributed by atoms with Crippen LogP contribution in [0.25, 0.3) is 0 Å². The van der Waals surface area contributed by atoms with Crippen LogP contribution in [0.3, 0.4) is 0 Å². The second kappa shape index (κ2) is 73.0. The van der Waals surface area contributed by atoms with Crippen molar-refractivity contribution in [1.82, 2.24) is 5.32 Å². The molecule has 0 aromatic rings. The summed E-state index contributed by atoms with van der Waals surface area (Å²) in [6.07, 6.45) is 92.5. The van der Waals surface area contributed by atoms with Gasteiger partial charge in [0.25, 0.3) is 0 Å². The van der Waals surface area contributed by atoms with Gasteiger partial charge in [-0.2, -0.15) is 0 Å². The van der Waals surface area contributed by atoms with E-state index in [2.05, 4.69) is 141 Å². The van der Waals surface area contributed by atoms with Crippen LogP contribution in [0.15, 0.2) is 134 Å². The Labute approximate surface area is 641 Å². The maximum atomic E-state index is 13.4. The summed E-state index contributed by atoms with van der Waals surface area (Å²) in [4.78, 5) is 13.4. The number of aliphatic hydroxyl groups excluding tert-OH is 8. The molecule has 604 valence electrons. The first-order valence-corrected chi connectivity index (χ1v) is 42.9. The van der Waals surface area contributed by atoms with Crippen LogP contribution >= 0.6 is 0 Å². The quantitative estimate of drug-likeness (QED) is 0.0204. The Hall–Kier alpha value is -3.87. The molecule has 2 saturated heterocycles. The molecule has 2 aliphatic rings. The maximum absolute atomic E-state index is 13.4. The Morgan fingerprint density at radius 3 is 1.01 bits per heavy atom. The fourth-order valence-electron chi connectivity index (χ4n) is 13.4. The minimum atomic E-state index is -1.80. The third-order valence-corrected chi connectivity index (χ3v) is 20.1. The van der Waals surface area contributed by atoms with Crippen LogP contribution in [-0.2, 0) is 23.7 Å². The summed E-state index contributed by atoms with van der Waals surface area (Å²) in [5, 5.41) is 87.8. The third-order valence-electron chi connectivity index (χ3n) is 20.1. The highest BCUT2D eigenvalue weighted by Gasteiger charge is 2.51. The van der Waals surface area contributed by atoms with Gasteiger partial charge in [-0.1, -0.05) is 372 Å². The zero-order valence-electron chi connectivity index (χ0n) is 66.4. The van der Waals surface area contributed by atoms with Gasteiger partial charge < -0.3 is 65.1 Å². The molecule has 105 heavy (non-hydrogen) atoms. The molecule has 0 bridgehead atoms. The van der Waals surface area contributed by atoms with Gasteiger partial charge in [0.1, 0.15) is 48.8 Å². The van der Waals surface area contributed by atoms with Gasteiger partial charge in [-0.15, -0.1) is 0 Å². The van der Waals surface area contributed by atoms with E-state index in [1.165, 1.54) is 199 Å². The summed E-state index contributed by atoms with van der Waals surface area (Å²) in [7, 11) is 0. The van der Waals surface area contributed by atoms with Gasteiger partial charge in [0.2, 0.25) is 5.91 Å². The molecule has 0 aromatic heterocycles. The minimum absolute atomic E-state index is 0.249. The molecule has 1 amide bonds. The number of allylic oxidation sites excluding steroid dienone is 21. The molecule has 2 fully saturated rings. The van der Waals surface area contributed by atoms with Crippen LogP contribution < -0.4 is 5.32 Å². The van der Waals surface area contributed by atoms with Crippen molar-refractivity contribution in [1.29, 1.82) is 0 Å². The van der Waals surface area contributed by atoms with Gasteiger partial charge in [0.05, 0.1) is 32.0 Å². The number of rotatable bonds is 71. The normalized spacial score (nSPS) is 22.1. The Bertz CT molecular complexity index is 2290. The molecule has 2 aliphatic heterocycles. The number of aliphatic hydroxyl groups is 8. The van der Waals surface area contributed by atoms with Crippen molar-refractivity contribution in [3.63, 3.8) is 0 Å². The van der Waals surface area contributed by atoms with E-state index in [1.807, 2.05) is 6.08 Å². The van der Waals surface area contributed by atoms with E-state index in [9.17, 15) is 45.6 Å². The summed E-state index contributed by atoms with van der Waals surface area (Å²) in [6.45, 7) is 2.72. The van der Waals surface area contributed by atoms with E-state index in [0.717, 1.165) is 116 Å². The zero-order valence-corrected chi connectivity index (χ0v) is 66.4. The van der Waals surface area contributed by atoms with Gasteiger partial charge in [-0.05, 0) is 96.3 Å². The average Bonchev–Trinajstić information content (AvgIpc) is 0.789. The standard InChI is InChI=1S/C91H157NO13/c1-3-5-7-9-11-13-15-17-19-21-23-25-27-29-31-33-35-37-38-39-40-41-42-43-45-47-49-51-53-55-57-59-61-63-65-67-69-71-73-75-83(96)92-79(78-102-90-88(101)86(99)89(82(77-94)104-90)105-91-87(100)85(98)84(97)81(76-93)103-91)80(95)74-72-70-68-66-64-62-60-58-56-54-52-50-48-46-44-36-34-32-30-28-26-24-22-20-18-16-14-12-10-8-6-4-2/h5,7,11,13,17,19,23,25,29,31,35,37,39-40,42-43,47,49,53,55,72,74,79-82,84-91,93-95,97-101H,3-4,6,8-10,12,14-16,18,20-22,24,26-28,30,32-34,36,38,41,44-46,48,50-52,54,56-71,73,75-78H2,1-2H3,(H,92,96)/b7-5-,13-11-,19-17-,25-23-,31-29-,37-35-,40-39-,43-42-,49-47-,55-53-,74-72+. The predicted octanol–water partition coefficient (Wildman–Crippen LogP) is 20.5. The molecule has 0 aromatic carbocycles. The SMILES string of the molecule is CC/C=C\C/C=C\C/C=C\C/C=C\C/C=C\C/C=C\C/C=C\C/C=C\C/C=C\C/C=C\CCCCCCCCCCC(=O)NC(COC1OC(CO)C(OC2OC(CO)C(O)C(O)C2O)C(O)C1O)C(O)/C=C/CCCCCCCCCCCCCCCCCCCCCCCCCCCCCCCC. The van der Waals surface area contributed by atoms with Crippen molar-refractivity contribution in [2.24, 2.45) is 0 Å². The number of unbranched alkanes of at least 4 members (excludes halogenated alkanes) is 38. The third kappa shape index (κ3) is 55.2. The van der Waals surface area contributed by atoms with E-state index in [4.69, 9.17) is 18.9 Å². The fraction of sp³-hybridized carbons (Fsp3) is 0.747. The van der Waals surface area contributed by atoms with E-state index in [-0.39, 0.29) is 18.9 Å². The number of ether oxygens (including phenoxy) is 4. The Kier molecular flexibility index (Phi) is 67.5. The zero-order chi connectivity index (χ0) is 75.8. The number of carbonyl (C=O) groups is 1. The number of hydrogen-bond donors (Lipinski definition) is 9. The molecule has 2 rings (SSSR count). The highest BCUT2D eigenvalue weighted by molar-refractivity contribution is 5.76. The lowest BCUT2D eigenvalue weighted by atomic mass is 9.97. The Morgan fingerprint density at radius 1 is 0.352 bits per heavy atom. The van der Waals surface area contributed by atoms with Crippen LogP contribution in [0.4, 0.5) is 0 Å². The molecule has 14 heteroatoms. The summed E-state index contributed by atoms with van der Waals surface area (Å²) in [5.41, 5.74) is 0. The van der Waals surface area contributed by atoms with E-state index < -0.39 is 86.8 Å².